The van der Waals surface area contributed by atoms with Crippen molar-refractivity contribution in [3.63, 3.8) is 0 Å². The third-order valence-electron chi connectivity index (χ3n) is 4.85. The van der Waals surface area contributed by atoms with Crippen LogP contribution < -0.4 is 10.2 Å². The molecule has 7 heteroatoms. The lowest BCUT2D eigenvalue weighted by Crippen LogP contribution is -2.31. The second-order valence-corrected chi connectivity index (χ2v) is 8.24. The number of carbonyl (C=O) groups is 1. The topological polar surface area (TPSA) is 58.1 Å². The first-order valence-electron chi connectivity index (χ1n) is 9.72. The van der Waals surface area contributed by atoms with Crippen molar-refractivity contribution in [3.05, 3.63) is 82.3 Å². The number of hydrogen-bond acceptors (Lipinski definition) is 5. The number of benzene rings is 2. The Labute approximate surface area is 184 Å². The molecule has 30 heavy (non-hydrogen) atoms. The minimum Gasteiger partial charge on any atom is -0.348 e. The number of amides is 1. The molecule has 4 aromatic rings. The molecule has 5 nitrogen and oxygen atoms in total. The van der Waals surface area contributed by atoms with Gasteiger partial charge in [-0.15, -0.1) is 11.3 Å². The summed E-state index contributed by atoms with van der Waals surface area (Å²) in [5.74, 6) is 0.843. The third kappa shape index (κ3) is 4.01. The summed E-state index contributed by atoms with van der Waals surface area (Å²) in [6, 6.07) is 19.6. The molecule has 1 atom stereocenters. The van der Waals surface area contributed by atoms with E-state index in [4.69, 9.17) is 11.6 Å². The fraction of sp³-hybridized carbons (Fsp3) is 0.174. The highest BCUT2D eigenvalue weighted by Crippen LogP contribution is 2.36. The summed E-state index contributed by atoms with van der Waals surface area (Å²) in [7, 11) is 0. The Kier molecular flexibility index (Phi) is 5.97. The van der Waals surface area contributed by atoms with E-state index in [9.17, 15) is 4.79 Å². The van der Waals surface area contributed by atoms with Gasteiger partial charge in [0.1, 0.15) is 10.7 Å². The summed E-state index contributed by atoms with van der Waals surface area (Å²) in [6.45, 7) is 4.43. The quantitative estimate of drug-likeness (QED) is 0.391. The molecule has 0 bridgehead atoms. The monoisotopic (exact) mass is 436 g/mol. The van der Waals surface area contributed by atoms with Crippen molar-refractivity contribution >= 4 is 50.7 Å². The van der Waals surface area contributed by atoms with E-state index in [2.05, 4.69) is 15.3 Å². The van der Waals surface area contributed by atoms with E-state index in [0.29, 0.717) is 28.2 Å². The first-order chi connectivity index (χ1) is 14.6. The van der Waals surface area contributed by atoms with Crippen LogP contribution in [0.15, 0.2) is 66.9 Å². The molecule has 0 saturated carbocycles. The largest absolute Gasteiger partial charge is 0.348 e. The molecule has 0 radical (unpaired) electrons. The molecular weight excluding hydrogens is 416 g/mol. The van der Waals surface area contributed by atoms with Gasteiger partial charge in [-0.2, -0.15) is 4.98 Å². The molecule has 2 aromatic heterocycles. The molecule has 2 aromatic carbocycles. The van der Waals surface area contributed by atoms with Gasteiger partial charge in [0.2, 0.25) is 5.95 Å². The van der Waals surface area contributed by atoms with Gasteiger partial charge in [-0.1, -0.05) is 60.1 Å². The predicted molar refractivity (Wildman–Crippen MR) is 125 cm³/mol. The summed E-state index contributed by atoms with van der Waals surface area (Å²) in [5, 5.41) is 4.69. The maximum atomic E-state index is 13.3. The van der Waals surface area contributed by atoms with Crippen LogP contribution in [0.2, 0.25) is 5.02 Å². The highest BCUT2D eigenvalue weighted by atomic mass is 35.5. The van der Waals surface area contributed by atoms with Crippen LogP contribution in [-0.4, -0.2) is 22.4 Å². The van der Waals surface area contributed by atoms with E-state index in [0.717, 1.165) is 15.6 Å². The van der Waals surface area contributed by atoms with E-state index in [1.807, 2.05) is 68.4 Å². The van der Waals surface area contributed by atoms with E-state index in [1.165, 1.54) is 11.3 Å². The fourth-order valence-electron chi connectivity index (χ4n) is 3.27. The fourth-order valence-corrected chi connectivity index (χ4v) is 4.73. The Balaban J connectivity index is 1.60. The van der Waals surface area contributed by atoms with Crippen LogP contribution in [-0.2, 0) is 0 Å². The van der Waals surface area contributed by atoms with Gasteiger partial charge in [0.15, 0.2) is 0 Å². The summed E-state index contributed by atoms with van der Waals surface area (Å²) in [5.41, 5.74) is 1.13. The van der Waals surface area contributed by atoms with E-state index >= 15 is 0 Å². The maximum Gasteiger partial charge on any atom is 0.271 e. The number of anilines is 2. The minimum atomic E-state index is -0.163. The van der Waals surface area contributed by atoms with Gasteiger partial charge < -0.3 is 5.32 Å². The van der Waals surface area contributed by atoms with Gasteiger partial charge >= 0.3 is 0 Å². The van der Waals surface area contributed by atoms with Crippen LogP contribution in [0.1, 0.15) is 35.1 Å². The van der Waals surface area contributed by atoms with E-state index < -0.39 is 0 Å². The van der Waals surface area contributed by atoms with E-state index in [-0.39, 0.29) is 11.9 Å². The van der Waals surface area contributed by atoms with Crippen molar-refractivity contribution in [1.82, 2.24) is 9.97 Å². The Morgan fingerprint density at radius 2 is 1.87 bits per heavy atom. The third-order valence-corrected chi connectivity index (χ3v) is 6.52. The molecule has 0 unspecified atom stereocenters. The highest BCUT2D eigenvalue weighted by Gasteiger charge is 2.24. The zero-order valence-electron chi connectivity index (χ0n) is 16.7. The SMILES string of the molecule is CCN(C(=O)c1sc2ccccc2c1Cl)c1ccnc(N[C@@H](C)c2ccccc2)n1. The molecule has 0 spiro atoms. The van der Waals surface area contributed by atoms with Gasteiger partial charge in [0.25, 0.3) is 5.91 Å². The minimum absolute atomic E-state index is 0.0317. The lowest BCUT2D eigenvalue weighted by Gasteiger charge is -2.21. The van der Waals surface area contributed by atoms with Crippen LogP contribution in [0.3, 0.4) is 0 Å². The van der Waals surface area contributed by atoms with Gasteiger partial charge in [-0.3, -0.25) is 9.69 Å². The molecule has 2 heterocycles. The van der Waals surface area contributed by atoms with E-state index in [1.54, 1.807) is 17.2 Å². The Morgan fingerprint density at radius 3 is 2.60 bits per heavy atom. The zero-order chi connectivity index (χ0) is 21.1. The first kappa shape index (κ1) is 20.3. The number of hydrogen-bond donors (Lipinski definition) is 1. The lowest BCUT2D eigenvalue weighted by atomic mass is 10.1. The summed E-state index contributed by atoms with van der Waals surface area (Å²) in [4.78, 5) is 24.3. The number of halogens is 1. The van der Waals surface area contributed by atoms with Crippen molar-refractivity contribution in [1.29, 1.82) is 0 Å². The second kappa shape index (κ2) is 8.81. The van der Waals surface area contributed by atoms with Crippen LogP contribution in [0.4, 0.5) is 11.8 Å². The van der Waals surface area contributed by atoms with Gasteiger partial charge in [-0.05, 0) is 31.5 Å². The number of aromatic nitrogens is 2. The number of rotatable bonds is 6. The predicted octanol–water partition coefficient (Wildman–Crippen LogP) is 6.18. The van der Waals surface area contributed by atoms with Gasteiger partial charge in [-0.25, -0.2) is 4.98 Å². The second-order valence-electron chi connectivity index (χ2n) is 6.81. The van der Waals surface area contributed by atoms with Crippen molar-refractivity contribution < 1.29 is 4.79 Å². The number of carbonyl (C=O) groups excluding carboxylic acids is 1. The molecule has 0 aliphatic carbocycles. The molecule has 1 N–H and O–H groups in total. The van der Waals surface area contributed by atoms with Crippen LogP contribution in [0.5, 0.6) is 0 Å². The summed E-state index contributed by atoms with van der Waals surface area (Å²) < 4.78 is 0.989. The van der Waals surface area contributed by atoms with Gasteiger partial charge in [0.05, 0.1) is 11.1 Å². The van der Waals surface area contributed by atoms with Gasteiger partial charge in [0, 0.05) is 22.8 Å². The average molecular weight is 437 g/mol. The van der Waals surface area contributed by atoms with Crippen molar-refractivity contribution in [2.45, 2.75) is 19.9 Å². The summed E-state index contributed by atoms with van der Waals surface area (Å²) >= 11 is 7.93. The maximum absolute atomic E-state index is 13.3. The molecule has 0 aliphatic rings. The molecule has 0 fully saturated rings. The molecule has 152 valence electrons. The van der Waals surface area contributed by atoms with Crippen LogP contribution >= 0.6 is 22.9 Å². The molecule has 4 rings (SSSR count). The van der Waals surface area contributed by atoms with Crippen LogP contribution in [0.25, 0.3) is 10.1 Å². The summed E-state index contributed by atoms with van der Waals surface area (Å²) in [6.07, 6.45) is 1.66. The zero-order valence-corrected chi connectivity index (χ0v) is 18.2. The molecule has 0 aliphatic heterocycles. The Hall–Kier alpha value is -2.96. The Bertz CT molecular complexity index is 1180. The molecule has 0 saturated heterocycles. The molecular formula is C23H21ClN4OS. The van der Waals surface area contributed by atoms with Crippen molar-refractivity contribution in [2.24, 2.45) is 0 Å². The standard InChI is InChI=1S/C23H21ClN4OS/c1-3-28(22(29)21-20(24)17-11-7-8-12-18(17)30-21)19-13-14-25-23(27-19)26-15(2)16-9-5-4-6-10-16/h4-15H,3H2,1-2H3,(H,25,26,27)/t15-/m0/s1. The van der Waals surface area contributed by atoms with Crippen molar-refractivity contribution in [3.8, 4) is 0 Å². The Morgan fingerprint density at radius 1 is 1.13 bits per heavy atom. The van der Waals surface area contributed by atoms with Crippen LogP contribution in [0, 0.1) is 0 Å². The lowest BCUT2D eigenvalue weighted by molar-refractivity contribution is 0.0991. The number of nitrogens with one attached hydrogen (secondary N) is 1. The normalized spacial score (nSPS) is 12.0. The highest BCUT2D eigenvalue weighted by molar-refractivity contribution is 7.21. The molecule has 1 amide bonds. The first-order valence-corrected chi connectivity index (χ1v) is 10.9. The van der Waals surface area contributed by atoms with Crippen molar-refractivity contribution in [2.75, 3.05) is 16.8 Å². The average Bonchev–Trinajstić information content (AvgIpc) is 3.12. The smallest absolute Gasteiger partial charge is 0.271 e. The number of thiophene rings is 1. The number of nitrogens with zero attached hydrogens (tertiary/aromatic N) is 3. The number of fused-ring (bicyclic) bond motifs is 1.